The van der Waals surface area contributed by atoms with Gasteiger partial charge in [-0.25, -0.2) is 4.98 Å². The second kappa shape index (κ2) is 6.40. The molecule has 0 aliphatic rings. The van der Waals surface area contributed by atoms with Crippen molar-refractivity contribution in [1.82, 2.24) is 20.2 Å². The van der Waals surface area contributed by atoms with Gasteiger partial charge in [-0.2, -0.15) is 0 Å². The van der Waals surface area contributed by atoms with Gasteiger partial charge in [0.25, 0.3) is 0 Å². The number of hydrogen-bond acceptors (Lipinski definition) is 6. The number of rotatable bonds is 5. The van der Waals surface area contributed by atoms with E-state index in [4.69, 9.17) is 0 Å². The zero-order chi connectivity index (χ0) is 15.4. The summed E-state index contributed by atoms with van der Waals surface area (Å²) in [5, 5.41) is 18.4. The zero-order valence-corrected chi connectivity index (χ0v) is 12.2. The molecule has 0 unspecified atom stereocenters. The summed E-state index contributed by atoms with van der Waals surface area (Å²) in [6.07, 6.45) is 3.40. The molecule has 0 bridgehead atoms. The molecular weight excluding hydrogens is 300 g/mol. The second-order valence-corrected chi connectivity index (χ2v) is 5.42. The van der Waals surface area contributed by atoms with Gasteiger partial charge in [0.1, 0.15) is 0 Å². The summed E-state index contributed by atoms with van der Waals surface area (Å²) in [6.45, 7) is 0. The van der Waals surface area contributed by atoms with Gasteiger partial charge in [0, 0.05) is 23.7 Å². The minimum absolute atomic E-state index is 0.173. The number of nitrogens with zero attached hydrogens (tertiary/aromatic N) is 3. The Morgan fingerprint density at radius 3 is 2.55 bits per heavy atom. The molecule has 0 aliphatic carbocycles. The number of aromatic amines is 1. The molecule has 3 aromatic rings. The molecule has 0 aliphatic heterocycles. The van der Waals surface area contributed by atoms with Crippen molar-refractivity contribution in [2.75, 3.05) is 0 Å². The van der Waals surface area contributed by atoms with E-state index < -0.39 is 5.97 Å². The van der Waals surface area contributed by atoms with Crippen LogP contribution >= 0.6 is 11.8 Å². The Labute approximate surface area is 130 Å². The molecule has 2 aromatic heterocycles. The molecule has 110 valence electrons. The smallest absolute Gasteiger partial charge is 0.209 e. The van der Waals surface area contributed by atoms with Crippen LogP contribution in [0.25, 0.3) is 11.4 Å². The van der Waals surface area contributed by atoms with Crippen molar-refractivity contribution in [3.8, 4) is 11.4 Å². The summed E-state index contributed by atoms with van der Waals surface area (Å²) in [6, 6.07) is 10.3. The van der Waals surface area contributed by atoms with Gasteiger partial charge in [-0.15, -0.1) is 5.10 Å². The van der Waals surface area contributed by atoms with E-state index in [2.05, 4.69) is 20.2 Å². The van der Waals surface area contributed by atoms with Crippen molar-refractivity contribution in [1.29, 1.82) is 0 Å². The summed E-state index contributed by atoms with van der Waals surface area (Å²) in [5.41, 5.74) is 2.09. The molecule has 22 heavy (non-hydrogen) atoms. The molecule has 0 fully saturated rings. The zero-order valence-electron chi connectivity index (χ0n) is 11.4. The summed E-state index contributed by atoms with van der Waals surface area (Å²) in [4.78, 5) is 19.0. The highest BCUT2D eigenvalue weighted by molar-refractivity contribution is 7.98. The molecule has 0 saturated heterocycles. The van der Waals surface area contributed by atoms with Gasteiger partial charge in [0.05, 0.1) is 5.97 Å². The van der Waals surface area contributed by atoms with Crippen LogP contribution in [-0.4, -0.2) is 26.1 Å². The largest absolute Gasteiger partial charge is 0.545 e. The van der Waals surface area contributed by atoms with Crippen molar-refractivity contribution in [3.05, 3.63) is 59.9 Å². The van der Waals surface area contributed by atoms with Gasteiger partial charge in [0.2, 0.25) is 5.16 Å². The summed E-state index contributed by atoms with van der Waals surface area (Å²) >= 11 is 1.47. The Kier molecular flexibility index (Phi) is 4.15. The number of H-pyrrole nitrogens is 1. The number of thioether (sulfide) groups is 1. The maximum Gasteiger partial charge on any atom is 0.209 e. The SMILES string of the molecule is O=C([O-])c1ccc(CSc2n[nH]c(-c3ccncc3)n2)cc1. The van der Waals surface area contributed by atoms with Crippen molar-refractivity contribution in [3.63, 3.8) is 0 Å². The van der Waals surface area contributed by atoms with Crippen LogP contribution in [0.3, 0.4) is 0 Å². The number of aromatic nitrogens is 4. The predicted molar refractivity (Wildman–Crippen MR) is 79.9 cm³/mol. The summed E-state index contributed by atoms with van der Waals surface area (Å²) < 4.78 is 0. The van der Waals surface area contributed by atoms with Crippen LogP contribution in [0.2, 0.25) is 0 Å². The summed E-state index contributed by atoms with van der Waals surface area (Å²) in [7, 11) is 0. The van der Waals surface area contributed by atoms with Crippen molar-refractivity contribution < 1.29 is 9.90 Å². The molecule has 0 spiro atoms. The van der Waals surface area contributed by atoms with Crippen molar-refractivity contribution >= 4 is 17.7 Å². The Morgan fingerprint density at radius 2 is 1.86 bits per heavy atom. The lowest BCUT2D eigenvalue weighted by Crippen LogP contribution is -2.21. The van der Waals surface area contributed by atoms with Crippen LogP contribution in [0.15, 0.2) is 53.9 Å². The van der Waals surface area contributed by atoms with E-state index in [0.29, 0.717) is 16.7 Å². The normalized spacial score (nSPS) is 10.5. The molecule has 7 heteroatoms. The number of carboxylic acid groups (broad SMARTS) is 1. The Hall–Kier alpha value is -2.67. The first-order chi connectivity index (χ1) is 10.7. The number of hydrogen-bond donors (Lipinski definition) is 1. The quantitative estimate of drug-likeness (QED) is 0.718. The van der Waals surface area contributed by atoms with Crippen LogP contribution in [0.4, 0.5) is 0 Å². The van der Waals surface area contributed by atoms with Gasteiger partial charge in [0.15, 0.2) is 5.82 Å². The molecule has 0 saturated carbocycles. The standard InChI is InChI=1S/C15H12N4O2S/c20-14(21)12-3-1-10(2-4-12)9-22-15-17-13(18-19-15)11-5-7-16-8-6-11/h1-8H,9H2,(H,20,21)(H,17,18,19)/p-1. The molecule has 1 aromatic carbocycles. The fourth-order valence-corrected chi connectivity index (χ4v) is 2.59. The number of nitrogens with one attached hydrogen (secondary N) is 1. The van der Waals surface area contributed by atoms with Crippen molar-refractivity contribution in [2.45, 2.75) is 10.9 Å². The van der Waals surface area contributed by atoms with E-state index in [1.807, 2.05) is 12.1 Å². The highest BCUT2D eigenvalue weighted by Crippen LogP contribution is 2.22. The first kappa shape index (κ1) is 14.3. The average Bonchev–Trinajstić information content (AvgIpc) is 3.03. The van der Waals surface area contributed by atoms with E-state index in [1.54, 1.807) is 24.5 Å². The van der Waals surface area contributed by atoms with E-state index >= 15 is 0 Å². The van der Waals surface area contributed by atoms with Gasteiger partial charge < -0.3 is 9.90 Å². The van der Waals surface area contributed by atoms with Gasteiger partial charge in [-0.3, -0.25) is 10.1 Å². The lowest BCUT2D eigenvalue weighted by Gasteiger charge is -2.03. The average molecular weight is 311 g/mol. The van der Waals surface area contributed by atoms with Crippen LogP contribution in [0.1, 0.15) is 15.9 Å². The minimum atomic E-state index is -1.17. The van der Waals surface area contributed by atoms with Crippen molar-refractivity contribution in [2.24, 2.45) is 0 Å². The minimum Gasteiger partial charge on any atom is -0.545 e. The Bertz CT molecular complexity index is 772. The fraction of sp³-hybridized carbons (Fsp3) is 0.0667. The molecular formula is C15H11N4O2S-. The van der Waals surface area contributed by atoms with Gasteiger partial charge in [-0.05, 0) is 23.3 Å². The molecule has 3 rings (SSSR count). The number of carbonyl (C=O) groups excluding carboxylic acids is 1. The van der Waals surface area contributed by atoms with E-state index in [-0.39, 0.29) is 5.56 Å². The van der Waals surface area contributed by atoms with Crippen LogP contribution in [-0.2, 0) is 5.75 Å². The van der Waals surface area contributed by atoms with Crippen LogP contribution in [0, 0.1) is 0 Å². The maximum absolute atomic E-state index is 10.7. The van der Waals surface area contributed by atoms with Gasteiger partial charge in [-0.1, -0.05) is 36.0 Å². The Morgan fingerprint density at radius 1 is 1.14 bits per heavy atom. The van der Waals surface area contributed by atoms with E-state index in [0.717, 1.165) is 11.1 Å². The molecule has 0 atom stereocenters. The first-order valence-corrected chi connectivity index (χ1v) is 7.47. The predicted octanol–water partition coefficient (Wildman–Crippen LogP) is 1.52. The van der Waals surface area contributed by atoms with Gasteiger partial charge >= 0.3 is 0 Å². The first-order valence-electron chi connectivity index (χ1n) is 6.48. The van der Waals surface area contributed by atoms with Crippen LogP contribution < -0.4 is 5.11 Å². The van der Waals surface area contributed by atoms with E-state index in [1.165, 1.54) is 23.9 Å². The second-order valence-electron chi connectivity index (χ2n) is 4.48. The fourth-order valence-electron chi connectivity index (χ4n) is 1.83. The number of carboxylic acids is 1. The third-order valence-electron chi connectivity index (χ3n) is 2.98. The molecule has 6 nitrogen and oxygen atoms in total. The van der Waals surface area contributed by atoms with Crippen LogP contribution in [0.5, 0.6) is 0 Å². The molecule has 0 radical (unpaired) electrons. The highest BCUT2D eigenvalue weighted by Gasteiger charge is 2.06. The number of pyridine rings is 1. The molecule has 2 heterocycles. The monoisotopic (exact) mass is 311 g/mol. The lowest BCUT2D eigenvalue weighted by molar-refractivity contribution is -0.255. The van der Waals surface area contributed by atoms with E-state index in [9.17, 15) is 9.90 Å². The highest BCUT2D eigenvalue weighted by atomic mass is 32.2. The molecule has 0 amide bonds. The number of aromatic carboxylic acids is 1. The number of benzene rings is 1. The number of carbonyl (C=O) groups is 1. The Balaban J connectivity index is 1.65. The molecule has 1 N–H and O–H groups in total. The topological polar surface area (TPSA) is 94.6 Å². The maximum atomic E-state index is 10.7. The third kappa shape index (κ3) is 3.32. The summed E-state index contributed by atoms with van der Waals surface area (Å²) in [5.74, 6) is 0.174. The third-order valence-corrected chi connectivity index (χ3v) is 3.89. The lowest BCUT2D eigenvalue weighted by atomic mass is 10.1.